The largest absolute Gasteiger partial charge is 0.480 e. The summed E-state index contributed by atoms with van der Waals surface area (Å²) in [7, 11) is 1.49. The first kappa shape index (κ1) is 22.8. The van der Waals surface area contributed by atoms with Gasteiger partial charge in [0, 0.05) is 32.1 Å². The number of benzene rings is 2. The van der Waals surface area contributed by atoms with Crippen LogP contribution in [0.3, 0.4) is 0 Å². The second-order valence-electron chi connectivity index (χ2n) is 8.66. The molecule has 0 radical (unpaired) electrons. The number of hydrogen-bond donors (Lipinski definition) is 2. The van der Waals surface area contributed by atoms with Gasteiger partial charge in [-0.25, -0.2) is 4.79 Å². The van der Waals surface area contributed by atoms with Crippen LogP contribution in [0.25, 0.3) is 11.1 Å². The lowest BCUT2D eigenvalue weighted by atomic mass is 9.98. The third kappa shape index (κ3) is 5.34. The van der Waals surface area contributed by atoms with Gasteiger partial charge in [-0.2, -0.15) is 0 Å². The molecule has 2 aromatic rings. The zero-order valence-electron chi connectivity index (χ0n) is 18.7. The summed E-state index contributed by atoms with van der Waals surface area (Å²) < 4.78 is 5.62. The summed E-state index contributed by atoms with van der Waals surface area (Å²) in [5.74, 6) is -1.23. The Balaban J connectivity index is 1.24. The van der Waals surface area contributed by atoms with Crippen LogP contribution in [0, 0.1) is 0 Å². The van der Waals surface area contributed by atoms with Gasteiger partial charge in [-0.3, -0.25) is 14.5 Å². The van der Waals surface area contributed by atoms with Gasteiger partial charge >= 0.3 is 12.1 Å². The van der Waals surface area contributed by atoms with Gasteiger partial charge < -0.3 is 20.1 Å². The number of fused-ring (bicyclic) bond motifs is 3. The Kier molecular flexibility index (Phi) is 6.93. The molecule has 8 nitrogen and oxygen atoms in total. The van der Waals surface area contributed by atoms with Crippen molar-refractivity contribution in [3.05, 3.63) is 59.7 Å². The number of carboxylic acids is 1. The number of rotatable bonds is 7. The smallest absolute Gasteiger partial charge is 0.407 e. The van der Waals surface area contributed by atoms with Crippen LogP contribution in [-0.4, -0.2) is 78.8 Å². The number of ether oxygens (including phenoxy) is 1. The van der Waals surface area contributed by atoms with E-state index in [1.807, 2.05) is 29.2 Å². The average molecular weight is 452 g/mol. The maximum absolute atomic E-state index is 12.5. The number of nitrogens with zero attached hydrogens (tertiary/aromatic N) is 2. The van der Waals surface area contributed by atoms with Gasteiger partial charge in [-0.15, -0.1) is 0 Å². The zero-order chi connectivity index (χ0) is 23.4. The van der Waals surface area contributed by atoms with Gasteiger partial charge in [0.25, 0.3) is 0 Å². The number of nitrogens with one attached hydrogen (secondary N) is 1. The van der Waals surface area contributed by atoms with Crippen LogP contribution < -0.4 is 5.32 Å². The molecule has 1 aliphatic heterocycles. The van der Waals surface area contributed by atoms with E-state index in [0.29, 0.717) is 25.9 Å². The third-order valence-corrected chi connectivity index (χ3v) is 6.41. The molecule has 1 saturated heterocycles. The van der Waals surface area contributed by atoms with Crippen LogP contribution in [0.15, 0.2) is 48.5 Å². The number of aliphatic carboxylic acids is 1. The van der Waals surface area contributed by atoms with E-state index in [9.17, 15) is 14.4 Å². The van der Waals surface area contributed by atoms with Crippen molar-refractivity contribution >= 4 is 18.0 Å². The molecule has 0 saturated carbocycles. The van der Waals surface area contributed by atoms with Crippen LogP contribution in [-0.2, 0) is 14.3 Å². The number of likely N-dealkylation sites (tertiary alicyclic amines) is 1. The second kappa shape index (κ2) is 10.0. The Morgan fingerprint density at radius 1 is 1.03 bits per heavy atom. The molecule has 2 N–H and O–H groups in total. The standard InChI is InChI=1S/C25H29N3O5/c1-27(15-24(30)31)23(29)14-28-12-10-17(11-13-28)26-25(32)33-16-22-20-8-4-2-6-18(20)19-7-3-5-9-21(19)22/h2-9,17,22H,10-16H2,1H3,(H,26,32)(H,30,31). The Labute approximate surface area is 193 Å². The minimum absolute atomic E-state index is 0.0104. The van der Waals surface area contributed by atoms with E-state index < -0.39 is 12.1 Å². The fourth-order valence-corrected chi connectivity index (χ4v) is 4.65. The Morgan fingerprint density at radius 2 is 1.61 bits per heavy atom. The Morgan fingerprint density at radius 3 is 2.18 bits per heavy atom. The van der Waals surface area contributed by atoms with Crippen LogP contribution in [0.5, 0.6) is 0 Å². The first-order valence-electron chi connectivity index (χ1n) is 11.2. The monoisotopic (exact) mass is 451 g/mol. The molecule has 0 spiro atoms. The van der Waals surface area contributed by atoms with Crippen LogP contribution in [0.4, 0.5) is 4.79 Å². The summed E-state index contributed by atoms with van der Waals surface area (Å²) in [6.45, 7) is 1.46. The molecular weight excluding hydrogens is 422 g/mol. The van der Waals surface area contributed by atoms with E-state index >= 15 is 0 Å². The van der Waals surface area contributed by atoms with E-state index in [1.54, 1.807) is 0 Å². The number of likely N-dealkylation sites (N-methyl/N-ethyl adjacent to an activating group) is 1. The zero-order valence-corrected chi connectivity index (χ0v) is 18.7. The molecule has 33 heavy (non-hydrogen) atoms. The van der Waals surface area contributed by atoms with Crippen molar-refractivity contribution in [3.63, 3.8) is 0 Å². The molecule has 174 valence electrons. The molecule has 0 bridgehead atoms. The van der Waals surface area contributed by atoms with E-state index in [0.717, 1.165) is 0 Å². The van der Waals surface area contributed by atoms with E-state index in [4.69, 9.17) is 9.84 Å². The molecule has 2 amide bonds. The predicted molar refractivity (Wildman–Crippen MR) is 123 cm³/mol. The number of amides is 2. The fraction of sp³-hybridized carbons (Fsp3) is 0.400. The lowest BCUT2D eigenvalue weighted by molar-refractivity contribution is -0.144. The number of piperidine rings is 1. The molecular formula is C25H29N3O5. The summed E-state index contributed by atoms with van der Waals surface area (Å²) in [4.78, 5) is 38.5. The molecule has 1 heterocycles. The summed E-state index contributed by atoms with van der Waals surface area (Å²) >= 11 is 0. The van der Waals surface area contributed by atoms with Crippen molar-refractivity contribution in [1.29, 1.82) is 0 Å². The average Bonchev–Trinajstić information content (AvgIpc) is 3.12. The maximum atomic E-state index is 12.5. The van der Waals surface area contributed by atoms with E-state index in [-0.39, 0.29) is 37.6 Å². The maximum Gasteiger partial charge on any atom is 0.407 e. The predicted octanol–water partition coefficient (Wildman–Crippen LogP) is 2.53. The Hall–Kier alpha value is -3.39. The van der Waals surface area contributed by atoms with Gasteiger partial charge in [0.2, 0.25) is 5.91 Å². The van der Waals surface area contributed by atoms with Crippen LogP contribution in [0.2, 0.25) is 0 Å². The molecule has 1 fully saturated rings. The number of carboxylic acid groups (broad SMARTS) is 1. The first-order chi connectivity index (χ1) is 15.9. The molecule has 0 aromatic heterocycles. The summed E-state index contributed by atoms with van der Waals surface area (Å²) in [6, 6.07) is 16.4. The highest BCUT2D eigenvalue weighted by Gasteiger charge is 2.29. The van der Waals surface area contributed by atoms with Crippen molar-refractivity contribution in [3.8, 4) is 11.1 Å². The number of carbonyl (C=O) groups is 3. The highest BCUT2D eigenvalue weighted by Crippen LogP contribution is 2.44. The highest BCUT2D eigenvalue weighted by atomic mass is 16.5. The van der Waals surface area contributed by atoms with Gasteiger partial charge in [-0.05, 0) is 35.1 Å². The first-order valence-corrected chi connectivity index (χ1v) is 11.2. The fourth-order valence-electron chi connectivity index (χ4n) is 4.65. The molecule has 4 rings (SSSR count). The molecule has 0 atom stereocenters. The van der Waals surface area contributed by atoms with Crippen molar-refractivity contribution < 1.29 is 24.2 Å². The minimum Gasteiger partial charge on any atom is -0.480 e. The molecule has 1 aliphatic carbocycles. The van der Waals surface area contributed by atoms with Crippen molar-refractivity contribution in [2.24, 2.45) is 0 Å². The van der Waals surface area contributed by atoms with Gasteiger partial charge in [-0.1, -0.05) is 48.5 Å². The van der Waals surface area contributed by atoms with Gasteiger partial charge in [0.15, 0.2) is 0 Å². The molecule has 0 unspecified atom stereocenters. The van der Waals surface area contributed by atoms with Crippen molar-refractivity contribution in [2.75, 3.05) is 39.8 Å². The number of alkyl carbamates (subject to hydrolysis) is 1. The number of carbonyl (C=O) groups excluding carboxylic acids is 2. The lowest BCUT2D eigenvalue weighted by Gasteiger charge is -2.32. The van der Waals surface area contributed by atoms with Gasteiger partial charge in [0.1, 0.15) is 13.2 Å². The third-order valence-electron chi connectivity index (χ3n) is 6.41. The van der Waals surface area contributed by atoms with Crippen molar-refractivity contribution in [2.45, 2.75) is 24.8 Å². The molecule has 2 aliphatic rings. The van der Waals surface area contributed by atoms with Crippen LogP contribution in [0.1, 0.15) is 29.9 Å². The topological polar surface area (TPSA) is 99.2 Å². The summed E-state index contributed by atoms with van der Waals surface area (Å²) in [5, 5.41) is 11.8. The quantitative estimate of drug-likeness (QED) is 0.671. The summed E-state index contributed by atoms with van der Waals surface area (Å²) in [6.07, 6.45) is 0.993. The van der Waals surface area contributed by atoms with Crippen LogP contribution >= 0.6 is 0 Å². The second-order valence-corrected chi connectivity index (χ2v) is 8.66. The Bertz CT molecular complexity index is 987. The normalized spacial score (nSPS) is 16.0. The minimum atomic E-state index is -1.03. The number of hydrogen-bond acceptors (Lipinski definition) is 5. The van der Waals surface area contributed by atoms with Gasteiger partial charge in [0.05, 0.1) is 6.54 Å². The molecule has 2 aromatic carbocycles. The highest BCUT2D eigenvalue weighted by molar-refractivity contribution is 5.82. The lowest BCUT2D eigenvalue weighted by Crippen LogP contribution is -2.48. The van der Waals surface area contributed by atoms with E-state index in [1.165, 1.54) is 34.2 Å². The summed E-state index contributed by atoms with van der Waals surface area (Å²) in [5.41, 5.74) is 4.74. The molecule has 8 heteroatoms. The van der Waals surface area contributed by atoms with Crippen molar-refractivity contribution in [1.82, 2.24) is 15.1 Å². The SMILES string of the molecule is CN(CC(=O)O)C(=O)CN1CCC(NC(=O)OCC2c3ccccc3-c3ccccc32)CC1. The van der Waals surface area contributed by atoms with E-state index in [2.05, 4.69) is 29.6 Å².